The van der Waals surface area contributed by atoms with Gasteiger partial charge in [-0.1, -0.05) is 90.9 Å². The van der Waals surface area contributed by atoms with E-state index in [9.17, 15) is 40.2 Å². The molecule has 0 aromatic heterocycles. The zero-order valence-electron chi connectivity index (χ0n) is 28.6. The summed E-state index contributed by atoms with van der Waals surface area (Å²) in [7, 11) is 0. The number of rotatable bonds is 24. The molecule has 0 aromatic carbocycles. The lowest BCUT2D eigenvalue weighted by Gasteiger charge is -2.45. The van der Waals surface area contributed by atoms with Crippen LogP contribution in [-0.2, 0) is 23.8 Å². The van der Waals surface area contributed by atoms with E-state index in [4.69, 9.17) is 14.2 Å². The van der Waals surface area contributed by atoms with Crippen molar-refractivity contribution in [1.29, 1.82) is 0 Å². The third-order valence-electron chi connectivity index (χ3n) is 9.12. The van der Waals surface area contributed by atoms with Crippen LogP contribution in [0.15, 0.2) is 0 Å². The van der Waals surface area contributed by atoms with Gasteiger partial charge in [0.2, 0.25) is 11.8 Å². The third kappa shape index (κ3) is 15.3. The first-order chi connectivity index (χ1) is 22.6. The predicted octanol–water partition coefficient (Wildman–Crippen LogP) is 1.91. The van der Waals surface area contributed by atoms with E-state index < -0.39 is 61.4 Å². The van der Waals surface area contributed by atoms with E-state index in [1.54, 1.807) is 0 Å². The summed E-state index contributed by atoms with van der Waals surface area (Å²) >= 11 is 0. The highest BCUT2D eigenvalue weighted by Gasteiger charge is 2.49. The molecule has 2 aliphatic heterocycles. The van der Waals surface area contributed by atoms with E-state index in [1.807, 2.05) is 0 Å². The Kier molecular flexibility index (Phi) is 21.2. The molecule has 0 spiro atoms. The molecule has 47 heavy (non-hydrogen) atoms. The van der Waals surface area contributed by atoms with Gasteiger partial charge in [-0.05, 0) is 25.7 Å². The van der Waals surface area contributed by atoms with Gasteiger partial charge in [0.1, 0.15) is 36.6 Å². The van der Waals surface area contributed by atoms with Gasteiger partial charge >= 0.3 is 0 Å². The van der Waals surface area contributed by atoms with E-state index in [0.29, 0.717) is 13.1 Å². The number of amides is 2. The number of unbranched alkanes of at least 4 members (excludes halogenated alkanes) is 12. The second-order valence-electron chi connectivity index (χ2n) is 13.2. The zero-order chi connectivity index (χ0) is 34.6. The van der Waals surface area contributed by atoms with Crippen molar-refractivity contribution >= 4 is 11.8 Å². The van der Waals surface area contributed by atoms with Gasteiger partial charge in [-0.3, -0.25) is 9.59 Å². The van der Waals surface area contributed by atoms with Gasteiger partial charge in [0.25, 0.3) is 0 Å². The molecule has 13 heteroatoms. The van der Waals surface area contributed by atoms with Gasteiger partial charge in [-0.2, -0.15) is 0 Å². The van der Waals surface area contributed by atoms with Gasteiger partial charge < -0.3 is 55.5 Å². The lowest BCUT2D eigenvalue weighted by atomic mass is 9.94. The SMILES string of the molecule is CCCCCCCCCNC(=O)CC[C@H]1O[C@H](OC2O[C@H](CCC(=O)NCCCCCCCCC)[C@@H](O)[C@H](O)[C@H]2O)[C@H](O)[C@H](O)[C@@H]1O. The van der Waals surface area contributed by atoms with E-state index in [0.717, 1.165) is 38.5 Å². The van der Waals surface area contributed by atoms with Crippen LogP contribution >= 0.6 is 0 Å². The molecule has 0 bridgehead atoms. The molecule has 1 unspecified atom stereocenters. The van der Waals surface area contributed by atoms with Crippen LogP contribution in [0.5, 0.6) is 0 Å². The highest BCUT2D eigenvalue weighted by atomic mass is 16.8. The second kappa shape index (κ2) is 23.9. The summed E-state index contributed by atoms with van der Waals surface area (Å²) in [5.41, 5.74) is 0. The van der Waals surface area contributed by atoms with Gasteiger partial charge in [0.15, 0.2) is 12.6 Å². The van der Waals surface area contributed by atoms with Gasteiger partial charge in [-0.25, -0.2) is 0 Å². The summed E-state index contributed by atoms with van der Waals surface area (Å²) in [6.45, 7) is 5.44. The lowest BCUT2D eigenvalue weighted by molar-refractivity contribution is -0.374. The third-order valence-corrected chi connectivity index (χ3v) is 9.12. The van der Waals surface area contributed by atoms with Crippen molar-refractivity contribution in [2.75, 3.05) is 13.1 Å². The van der Waals surface area contributed by atoms with Crippen LogP contribution in [0.4, 0.5) is 0 Å². The van der Waals surface area contributed by atoms with Crippen LogP contribution in [0.2, 0.25) is 0 Å². The maximum atomic E-state index is 12.4. The molecule has 2 amide bonds. The number of carbonyl (C=O) groups is 2. The summed E-state index contributed by atoms with van der Waals surface area (Å²) in [5, 5.41) is 68.7. The van der Waals surface area contributed by atoms with Crippen LogP contribution in [-0.4, -0.2) is 117 Å². The minimum atomic E-state index is -1.73. The largest absolute Gasteiger partial charge is 0.388 e. The monoisotopic (exact) mass is 676 g/mol. The maximum Gasteiger partial charge on any atom is 0.220 e. The Balaban J connectivity index is 1.79. The van der Waals surface area contributed by atoms with E-state index in [1.165, 1.54) is 51.4 Å². The van der Waals surface area contributed by atoms with Crippen molar-refractivity contribution < 1.29 is 54.4 Å². The Morgan fingerprint density at radius 2 is 0.851 bits per heavy atom. The molecule has 13 nitrogen and oxygen atoms in total. The molecule has 2 fully saturated rings. The number of aliphatic hydroxyl groups excluding tert-OH is 6. The molecule has 0 aliphatic carbocycles. The van der Waals surface area contributed by atoms with Crippen molar-refractivity contribution in [2.24, 2.45) is 0 Å². The first-order valence-electron chi connectivity index (χ1n) is 18.2. The molecule has 2 saturated heterocycles. The Labute approximate surface area is 280 Å². The first kappa shape index (κ1) is 41.7. The Morgan fingerprint density at radius 1 is 0.511 bits per heavy atom. The van der Waals surface area contributed by atoms with Crippen LogP contribution in [0, 0.1) is 0 Å². The lowest BCUT2D eigenvalue weighted by Crippen LogP contribution is -2.63. The van der Waals surface area contributed by atoms with Gasteiger partial charge in [-0.15, -0.1) is 0 Å². The molecule has 10 atom stereocenters. The Bertz CT molecular complexity index is 787. The van der Waals surface area contributed by atoms with Crippen LogP contribution < -0.4 is 10.6 Å². The molecule has 276 valence electrons. The fourth-order valence-corrected chi connectivity index (χ4v) is 6.01. The molecular formula is C34H64N2O11. The van der Waals surface area contributed by atoms with Crippen molar-refractivity contribution in [1.82, 2.24) is 10.6 Å². The molecule has 2 aliphatic rings. The van der Waals surface area contributed by atoms with Crippen molar-refractivity contribution in [2.45, 2.75) is 191 Å². The number of aliphatic hydroxyl groups is 6. The van der Waals surface area contributed by atoms with Crippen molar-refractivity contribution in [3.8, 4) is 0 Å². The Hall–Kier alpha value is -1.42. The fraction of sp³-hybridized carbons (Fsp3) is 0.941. The van der Waals surface area contributed by atoms with Crippen molar-refractivity contribution in [3.63, 3.8) is 0 Å². The Morgan fingerprint density at radius 3 is 1.21 bits per heavy atom. The number of carbonyl (C=O) groups excluding carboxylic acids is 2. The maximum absolute atomic E-state index is 12.4. The number of hydrogen-bond donors (Lipinski definition) is 8. The summed E-state index contributed by atoms with van der Waals surface area (Å²) in [4.78, 5) is 24.7. The fourth-order valence-electron chi connectivity index (χ4n) is 6.01. The zero-order valence-corrected chi connectivity index (χ0v) is 28.6. The highest BCUT2D eigenvalue weighted by Crippen LogP contribution is 2.30. The minimum Gasteiger partial charge on any atom is -0.388 e. The van der Waals surface area contributed by atoms with Crippen LogP contribution in [0.25, 0.3) is 0 Å². The van der Waals surface area contributed by atoms with E-state index >= 15 is 0 Å². The van der Waals surface area contributed by atoms with Crippen LogP contribution in [0.3, 0.4) is 0 Å². The average molecular weight is 677 g/mol. The van der Waals surface area contributed by atoms with Crippen LogP contribution in [0.1, 0.15) is 129 Å². The summed E-state index contributed by atoms with van der Waals surface area (Å²) < 4.78 is 17.0. The molecule has 8 N–H and O–H groups in total. The quantitative estimate of drug-likeness (QED) is 0.0693. The molecule has 0 saturated carbocycles. The normalized spacial score (nSPS) is 31.1. The van der Waals surface area contributed by atoms with Crippen molar-refractivity contribution in [3.05, 3.63) is 0 Å². The number of nitrogens with one attached hydrogen (secondary N) is 2. The van der Waals surface area contributed by atoms with Gasteiger partial charge in [0.05, 0.1) is 12.2 Å². The molecular weight excluding hydrogens is 612 g/mol. The molecule has 2 rings (SSSR count). The summed E-state index contributed by atoms with van der Waals surface area (Å²) in [6.07, 6.45) is 0.700. The first-order valence-corrected chi connectivity index (χ1v) is 18.2. The topological polar surface area (TPSA) is 207 Å². The van der Waals surface area contributed by atoms with Gasteiger partial charge in [0, 0.05) is 25.9 Å². The average Bonchev–Trinajstić information content (AvgIpc) is 3.06. The van der Waals surface area contributed by atoms with E-state index in [-0.39, 0.29) is 37.5 Å². The predicted molar refractivity (Wildman–Crippen MR) is 175 cm³/mol. The number of hydrogen-bond acceptors (Lipinski definition) is 11. The smallest absolute Gasteiger partial charge is 0.220 e. The second-order valence-corrected chi connectivity index (χ2v) is 13.2. The van der Waals surface area contributed by atoms with E-state index in [2.05, 4.69) is 24.5 Å². The standard InChI is InChI=1S/C34H64N2O11/c1-3-5-7-9-11-13-15-21-35-25(37)19-17-23-27(39)29(41)31(43)33(45-23)47-34-32(44)30(42)28(40)24(46-34)18-20-26(38)36-22-16-14-12-10-8-6-4-2/h23-24,27-34,39-44H,3-22H2,1-2H3,(H,35,37)(H,36,38)/t23-,24-,27-,28-,29-,30+,31-,32-,33-,34?/m1/s1. The summed E-state index contributed by atoms with van der Waals surface area (Å²) in [6, 6.07) is 0. The summed E-state index contributed by atoms with van der Waals surface area (Å²) in [5.74, 6) is -0.468. The molecule has 2 heterocycles. The molecule has 0 aromatic rings. The number of ether oxygens (including phenoxy) is 3. The minimum absolute atomic E-state index is 0.00428. The molecule has 0 radical (unpaired) electrons. The highest BCUT2D eigenvalue weighted by molar-refractivity contribution is 5.76.